The van der Waals surface area contributed by atoms with Gasteiger partial charge >= 0.3 is 0 Å². The van der Waals surface area contributed by atoms with Gasteiger partial charge in [-0.15, -0.1) is 0 Å². The van der Waals surface area contributed by atoms with Crippen molar-refractivity contribution in [3.63, 3.8) is 0 Å². The Labute approximate surface area is 117 Å². The number of rotatable bonds is 4. The third-order valence-corrected chi connectivity index (χ3v) is 2.98. The fourth-order valence-corrected chi connectivity index (χ4v) is 1.81. The minimum absolute atomic E-state index is 0.0400. The lowest BCUT2D eigenvalue weighted by molar-refractivity contribution is -0.116. The lowest BCUT2D eigenvalue weighted by Crippen LogP contribution is -2.27. The molecule has 0 aliphatic heterocycles. The Morgan fingerprint density at radius 2 is 2.00 bits per heavy atom. The van der Waals surface area contributed by atoms with Crippen molar-refractivity contribution in [3.8, 4) is 0 Å². The Morgan fingerprint density at radius 3 is 2.60 bits per heavy atom. The molecule has 0 aliphatic carbocycles. The number of amides is 1. The minimum Gasteiger partial charge on any atom is -0.325 e. The zero-order valence-corrected chi connectivity index (χ0v) is 11.6. The highest BCUT2D eigenvalue weighted by Gasteiger charge is 2.05. The number of benzene rings is 1. The van der Waals surface area contributed by atoms with E-state index < -0.39 is 0 Å². The molecule has 5 heteroatoms. The van der Waals surface area contributed by atoms with E-state index >= 15 is 0 Å². The van der Waals surface area contributed by atoms with E-state index in [1.54, 1.807) is 6.92 Å². The summed E-state index contributed by atoms with van der Waals surface area (Å²) in [6.07, 6.45) is 2.34. The number of aryl methyl sites for hydroxylation is 2. The second-order valence-corrected chi connectivity index (χ2v) is 4.60. The molecule has 0 fully saturated rings. The van der Waals surface area contributed by atoms with Gasteiger partial charge in [-0.1, -0.05) is 19.1 Å². The summed E-state index contributed by atoms with van der Waals surface area (Å²) >= 11 is 0. The molecule has 5 nitrogen and oxygen atoms in total. The number of carbonyl (C=O) groups excluding carboxylic acids is 1. The van der Waals surface area contributed by atoms with E-state index in [1.165, 1.54) is 22.5 Å². The summed E-state index contributed by atoms with van der Waals surface area (Å²) in [5, 5.41) is 2.76. The molecule has 2 aromatic rings. The topological polar surface area (TPSA) is 64.0 Å². The summed E-state index contributed by atoms with van der Waals surface area (Å²) in [5.74, 6) is -0.248. The summed E-state index contributed by atoms with van der Waals surface area (Å²) in [6.45, 7) is 3.77. The van der Waals surface area contributed by atoms with Crippen molar-refractivity contribution >= 4 is 11.6 Å². The maximum Gasteiger partial charge on any atom is 0.253 e. The van der Waals surface area contributed by atoms with Gasteiger partial charge in [0.05, 0.1) is 6.33 Å². The van der Waals surface area contributed by atoms with Gasteiger partial charge in [-0.05, 0) is 31.0 Å². The van der Waals surface area contributed by atoms with Crippen LogP contribution >= 0.6 is 0 Å². The van der Waals surface area contributed by atoms with Gasteiger partial charge in [0.25, 0.3) is 5.56 Å². The van der Waals surface area contributed by atoms with Crippen LogP contribution in [0, 0.1) is 6.92 Å². The predicted octanol–water partition coefficient (Wildman–Crippen LogP) is 1.75. The van der Waals surface area contributed by atoms with Crippen LogP contribution in [-0.2, 0) is 17.8 Å². The van der Waals surface area contributed by atoms with E-state index in [4.69, 9.17) is 0 Å². The van der Waals surface area contributed by atoms with E-state index in [-0.39, 0.29) is 18.0 Å². The summed E-state index contributed by atoms with van der Waals surface area (Å²) < 4.78 is 1.28. The quantitative estimate of drug-likeness (QED) is 0.921. The van der Waals surface area contributed by atoms with Crippen molar-refractivity contribution in [3.05, 3.63) is 58.3 Å². The number of carbonyl (C=O) groups is 1. The largest absolute Gasteiger partial charge is 0.325 e. The molecule has 1 aromatic heterocycles. The molecule has 0 radical (unpaired) electrons. The van der Waals surface area contributed by atoms with Crippen molar-refractivity contribution in [1.29, 1.82) is 0 Å². The normalized spacial score (nSPS) is 10.3. The maximum atomic E-state index is 11.9. The molecule has 0 unspecified atom stereocenters. The fourth-order valence-electron chi connectivity index (χ4n) is 1.81. The van der Waals surface area contributed by atoms with Gasteiger partial charge in [-0.25, -0.2) is 4.98 Å². The van der Waals surface area contributed by atoms with E-state index in [0.29, 0.717) is 5.69 Å². The third-order valence-electron chi connectivity index (χ3n) is 2.98. The van der Waals surface area contributed by atoms with Crippen LogP contribution < -0.4 is 10.9 Å². The number of hydrogen-bond donors (Lipinski definition) is 1. The molecule has 1 heterocycles. The second kappa shape index (κ2) is 6.14. The molecule has 0 spiro atoms. The van der Waals surface area contributed by atoms with Crippen molar-refractivity contribution in [1.82, 2.24) is 9.55 Å². The SMILES string of the molecule is CCc1ccc(NC(=O)Cn2cnc(C)cc2=O)cc1. The van der Waals surface area contributed by atoms with Gasteiger partial charge in [-0.3, -0.25) is 14.2 Å². The molecule has 2 rings (SSSR count). The number of nitrogens with zero attached hydrogens (tertiary/aromatic N) is 2. The lowest BCUT2D eigenvalue weighted by atomic mass is 10.1. The zero-order chi connectivity index (χ0) is 14.5. The fraction of sp³-hybridized carbons (Fsp3) is 0.267. The Bertz CT molecular complexity index is 660. The van der Waals surface area contributed by atoms with Gasteiger partial charge in [0.15, 0.2) is 0 Å². The average molecular weight is 271 g/mol. The standard InChI is InChI=1S/C15H17N3O2/c1-3-12-4-6-13(7-5-12)17-14(19)9-18-10-16-11(2)8-15(18)20/h4-8,10H,3,9H2,1-2H3,(H,17,19). The van der Waals surface area contributed by atoms with Crippen molar-refractivity contribution < 1.29 is 4.79 Å². The molecular weight excluding hydrogens is 254 g/mol. The van der Waals surface area contributed by atoms with Gasteiger partial charge in [-0.2, -0.15) is 0 Å². The Morgan fingerprint density at radius 1 is 1.30 bits per heavy atom. The van der Waals surface area contributed by atoms with Crippen LogP contribution in [0.5, 0.6) is 0 Å². The van der Waals surface area contributed by atoms with Crippen LogP contribution in [0.1, 0.15) is 18.2 Å². The van der Waals surface area contributed by atoms with Crippen LogP contribution in [0.3, 0.4) is 0 Å². The average Bonchev–Trinajstić information content (AvgIpc) is 2.43. The molecule has 20 heavy (non-hydrogen) atoms. The van der Waals surface area contributed by atoms with Gasteiger partial charge in [0.2, 0.25) is 5.91 Å². The Hall–Kier alpha value is -2.43. The predicted molar refractivity (Wildman–Crippen MR) is 77.7 cm³/mol. The number of aromatic nitrogens is 2. The van der Waals surface area contributed by atoms with Crippen molar-refractivity contribution in [2.75, 3.05) is 5.32 Å². The van der Waals surface area contributed by atoms with Crippen LogP contribution in [0.15, 0.2) is 41.5 Å². The second-order valence-electron chi connectivity index (χ2n) is 4.60. The molecule has 0 bridgehead atoms. The summed E-state index contributed by atoms with van der Waals surface area (Å²) in [5.41, 5.74) is 2.35. The number of hydrogen-bond acceptors (Lipinski definition) is 3. The van der Waals surface area contributed by atoms with Crippen molar-refractivity contribution in [2.45, 2.75) is 26.8 Å². The Balaban J connectivity index is 2.03. The van der Waals surface area contributed by atoms with Gasteiger partial charge < -0.3 is 5.32 Å². The van der Waals surface area contributed by atoms with E-state index in [1.807, 2.05) is 24.3 Å². The summed E-state index contributed by atoms with van der Waals surface area (Å²) in [6, 6.07) is 9.05. The highest BCUT2D eigenvalue weighted by molar-refractivity contribution is 5.90. The monoisotopic (exact) mass is 271 g/mol. The first kappa shape index (κ1) is 14.0. The first-order chi connectivity index (χ1) is 9.58. The highest BCUT2D eigenvalue weighted by Crippen LogP contribution is 2.09. The highest BCUT2D eigenvalue weighted by atomic mass is 16.2. The van der Waals surface area contributed by atoms with E-state index in [2.05, 4.69) is 17.2 Å². The molecule has 0 saturated carbocycles. The number of anilines is 1. The van der Waals surface area contributed by atoms with E-state index in [0.717, 1.165) is 12.1 Å². The molecule has 1 amide bonds. The minimum atomic E-state index is -0.248. The molecule has 0 saturated heterocycles. The lowest BCUT2D eigenvalue weighted by Gasteiger charge is -2.07. The van der Waals surface area contributed by atoms with Crippen LogP contribution in [0.25, 0.3) is 0 Å². The Kier molecular flexibility index (Phi) is 4.30. The summed E-state index contributed by atoms with van der Waals surface area (Å²) in [4.78, 5) is 27.5. The van der Waals surface area contributed by atoms with Gasteiger partial charge in [0.1, 0.15) is 6.54 Å². The van der Waals surface area contributed by atoms with Crippen LogP contribution in [0.4, 0.5) is 5.69 Å². The first-order valence-corrected chi connectivity index (χ1v) is 6.50. The molecular formula is C15H17N3O2. The van der Waals surface area contributed by atoms with Crippen LogP contribution in [-0.4, -0.2) is 15.5 Å². The number of nitrogens with one attached hydrogen (secondary N) is 1. The molecule has 1 aromatic carbocycles. The molecule has 104 valence electrons. The van der Waals surface area contributed by atoms with Gasteiger partial charge in [0, 0.05) is 17.4 Å². The zero-order valence-electron chi connectivity index (χ0n) is 11.6. The summed E-state index contributed by atoms with van der Waals surface area (Å²) in [7, 11) is 0. The molecule has 0 aliphatic rings. The van der Waals surface area contributed by atoms with Crippen molar-refractivity contribution in [2.24, 2.45) is 0 Å². The van der Waals surface area contributed by atoms with Crippen LogP contribution in [0.2, 0.25) is 0 Å². The molecule has 0 atom stereocenters. The smallest absolute Gasteiger partial charge is 0.253 e. The van der Waals surface area contributed by atoms with E-state index in [9.17, 15) is 9.59 Å². The molecule has 1 N–H and O–H groups in total. The first-order valence-electron chi connectivity index (χ1n) is 6.50. The third kappa shape index (κ3) is 3.54. The maximum absolute atomic E-state index is 11.9.